The van der Waals surface area contributed by atoms with Crippen LogP contribution in [0.4, 0.5) is 5.95 Å². The molecule has 1 aromatic heterocycles. The number of hydrogen-bond donors (Lipinski definition) is 5. The summed E-state index contributed by atoms with van der Waals surface area (Å²) in [6.07, 6.45) is 7.06. The van der Waals surface area contributed by atoms with Crippen molar-refractivity contribution in [3.8, 4) is 0 Å². The van der Waals surface area contributed by atoms with Gasteiger partial charge in [0.25, 0.3) is 5.91 Å². The number of amides is 1. The lowest BCUT2D eigenvalue weighted by Gasteiger charge is -2.34. The van der Waals surface area contributed by atoms with Gasteiger partial charge < -0.3 is 25.6 Å². The zero-order valence-electron chi connectivity index (χ0n) is 18.9. The number of oxime groups is 1. The van der Waals surface area contributed by atoms with Crippen molar-refractivity contribution in [3.05, 3.63) is 42.7 Å². The first kappa shape index (κ1) is 24.7. The van der Waals surface area contributed by atoms with Gasteiger partial charge in [-0.3, -0.25) is 9.59 Å². The summed E-state index contributed by atoms with van der Waals surface area (Å²) in [4.78, 5) is 37.0. The summed E-state index contributed by atoms with van der Waals surface area (Å²) in [5.74, 6) is -0.808. The normalized spacial score (nSPS) is 22.7. The SMILES string of the molecule is O=C(NC[C@H](NS(=O)(=O)c1ccccc1)C(=O)O)C1=NOC2(CCC(CNc3ncc[nH]3)CC2)C1. The number of imidazole rings is 1. The second-order valence-electron chi connectivity index (χ2n) is 8.79. The van der Waals surface area contributed by atoms with Gasteiger partial charge in [-0.2, -0.15) is 4.72 Å². The third-order valence-electron chi connectivity index (χ3n) is 6.29. The zero-order chi connectivity index (χ0) is 24.9. The monoisotopic (exact) mass is 504 g/mol. The Morgan fingerprint density at radius 1 is 1.23 bits per heavy atom. The van der Waals surface area contributed by atoms with Crippen LogP contribution < -0.4 is 15.4 Å². The van der Waals surface area contributed by atoms with E-state index in [1.165, 1.54) is 24.3 Å². The summed E-state index contributed by atoms with van der Waals surface area (Å²) >= 11 is 0. The minimum atomic E-state index is -4.07. The van der Waals surface area contributed by atoms with Gasteiger partial charge in [0.05, 0.1) is 4.90 Å². The van der Waals surface area contributed by atoms with Crippen LogP contribution in [0.25, 0.3) is 0 Å². The van der Waals surface area contributed by atoms with Crippen molar-refractivity contribution in [1.29, 1.82) is 0 Å². The number of aromatic nitrogens is 2. The Morgan fingerprint density at radius 3 is 2.63 bits per heavy atom. The van der Waals surface area contributed by atoms with Gasteiger partial charge in [-0.05, 0) is 43.7 Å². The number of carboxylic acids is 1. The predicted octanol–water partition coefficient (Wildman–Crippen LogP) is 1.07. The molecule has 2 aliphatic rings. The molecule has 0 bridgehead atoms. The highest BCUT2D eigenvalue weighted by Crippen LogP contribution is 2.40. The molecule has 2 heterocycles. The van der Waals surface area contributed by atoms with Crippen LogP contribution in [-0.2, 0) is 24.4 Å². The van der Waals surface area contributed by atoms with E-state index in [4.69, 9.17) is 4.84 Å². The van der Waals surface area contributed by atoms with Crippen LogP contribution in [0.15, 0.2) is 52.8 Å². The molecule has 1 amide bonds. The number of aliphatic carboxylic acids is 1. The number of carbonyl (C=O) groups excluding carboxylic acids is 1. The minimum Gasteiger partial charge on any atom is -0.480 e. The number of nitrogens with zero attached hydrogens (tertiary/aromatic N) is 2. The average Bonchev–Trinajstić information content (AvgIpc) is 3.52. The van der Waals surface area contributed by atoms with Gasteiger partial charge in [0.1, 0.15) is 17.4 Å². The molecular weight excluding hydrogens is 476 g/mol. The highest BCUT2D eigenvalue weighted by Gasteiger charge is 2.44. The standard InChI is InChI=1S/C22H28N6O6S/c29-19(25-14-18(20(30)31)28-35(32,33)16-4-2-1-3-5-16)17-12-22(34-27-17)8-6-15(7-9-22)13-26-21-23-10-11-24-21/h1-5,10-11,15,18,28H,6-9,12-14H2,(H,25,29)(H,30,31)(H2,23,24,26)/t15?,18-,22?/m0/s1. The summed E-state index contributed by atoms with van der Waals surface area (Å²) in [5, 5.41) is 19.1. The maximum Gasteiger partial charge on any atom is 0.323 e. The summed E-state index contributed by atoms with van der Waals surface area (Å²) in [6.45, 7) is 0.347. The molecule has 12 nitrogen and oxygen atoms in total. The van der Waals surface area contributed by atoms with Crippen LogP contribution >= 0.6 is 0 Å². The van der Waals surface area contributed by atoms with Crippen molar-refractivity contribution < 1.29 is 28.0 Å². The van der Waals surface area contributed by atoms with Crippen molar-refractivity contribution in [2.75, 3.05) is 18.4 Å². The van der Waals surface area contributed by atoms with E-state index in [0.717, 1.165) is 38.2 Å². The van der Waals surface area contributed by atoms with Crippen molar-refractivity contribution in [2.45, 2.75) is 48.6 Å². The van der Waals surface area contributed by atoms with Crippen LogP contribution in [0.1, 0.15) is 32.1 Å². The smallest absolute Gasteiger partial charge is 0.323 e. The molecule has 1 aliphatic carbocycles. The first-order chi connectivity index (χ1) is 16.8. The highest BCUT2D eigenvalue weighted by atomic mass is 32.2. The number of carboxylic acid groups (broad SMARTS) is 1. The average molecular weight is 505 g/mol. The molecule has 1 aromatic carbocycles. The van der Waals surface area contributed by atoms with Gasteiger partial charge in [-0.15, -0.1) is 0 Å². The van der Waals surface area contributed by atoms with Crippen LogP contribution in [0.3, 0.4) is 0 Å². The van der Waals surface area contributed by atoms with Gasteiger partial charge in [0, 0.05) is 31.9 Å². The number of rotatable bonds is 10. The number of sulfonamides is 1. The van der Waals surface area contributed by atoms with E-state index >= 15 is 0 Å². The number of hydrogen-bond acceptors (Lipinski definition) is 8. The van der Waals surface area contributed by atoms with E-state index in [-0.39, 0.29) is 10.6 Å². The summed E-state index contributed by atoms with van der Waals surface area (Å²) in [6, 6.07) is 5.87. The van der Waals surface area contributed by atoms with Crippen LogP contribution in [0.5, 0.6) is 0 Å². The third-order valence-corrected chi connectivity index (χ3v) is 7.78. The molecule has 1 saturated carbocycles. The van der Waals surface area contributed by atoms with E-state index in [0.29, 0.717) is 12.3 Å². The number of anilines is 1. The molecular formula is C22H28N6O6S. The fourth-order valence-electron chi connectivity index (χ4n) is 4.25. The molecule has 1 fully saturated rings. The van der Waals surface area contributed by atoms with E-state index in [2.05, 4.69) is 30.5 Å². The van der Waals surface area contributed by atoms with Crippen LogP contribution in [-0.4, -0.2) is 65.8 Å². The van der Waals surface area contributed by atoms with E-state index in [1.807, 2.05) is 0 Å². The Bertz CT molecular complexity index is 1160. The lowest BCUT2D eigenvalue weighted by Crippen LogP contribution is -2.49. The van der Waals surface area contributed by atoms with Crippen molar-refractivity contribution in [3.63, 3.8) is 0 Å². The molecule has 0 radical (unpaired) electrons. The van der Waals surface area contributed by atoms with Gasteiger partial charge >= 0.3 is 5.97 Å². The molecule has 188 valence electrons. The molecule has 1 spiro atoms. The molecule has 2 aromatic rings. The maximum absolute atomic E-state index is 12.6. The zero-order valence-corrected chi connectivity index (χ0v) is 19.8. The molecule has 4 rings (SSSR count). The maximum atomic E-state index is 12.6. The second kappa shape index (κ2) is 10.4. The van der Waals surface area contributed by atoms with Gasteiger partial charge in [0.15, 0.2) is 5.95 Å². The highest BCUT2D eigenvalue weighted by molar-refractivity contribution is 7.89. The second-order valence-corrected chi connectivity index (χ2v) is 10.5. The molecule has 13 heteroatoms. The quantitative estimate of drug-likeness (QED) is 0.319. The Labute approximate surface area is 202 Å². The molecule has 0 unspecified atom stereocenters. The summed E-state index contributed by atoms with van der Waals surface area (Å²) in [5.41, 5.74) is -0.359. The fourth-order valence-corrected chi connectivity index (χ4v) is 5.46. The summed E-state index contributed by atoms with van der Waals surface area (Å²) < 4.78 is 27.0. The van der Waals surface area contributed by atoms with Crippen LogP contribution in [0.2, 0.25) is 0 Å². The third kappa shape index (κ3) is 6.17. The molecule has 35 heavy (non-hydrogen) atoms. The van der Waals surface area contributed by atoms with E-state index in [9.17, 15) is 23.1 Å². The molecule has 1 atom stereocenters. The van der Waals surface area contributed by atoms with Gasteiger partial charge in [0.2, 0.25) is 10.0 Å². The van der Waals surface area contributed by atoms with Crippen LogP contribution in [0, 0.1) is 5.92 Å². The lowest BCUT2D eigenvalue weighted by molar-refractivity contribution is -0.138. The number of H-pyrrole nitrogens is 1. The number of carbonyl (C=O) groups is 2. The number of nitrogens with one attached hydrogen (secondary N) is 4. The Balaban J connectivity index is 1.25. The first-order valence-electron chi connectivity index (χ1n) is 11.3. The fraction of sp³-hybridized carbons (Fsp3) is 0.455. The Kier molecular flexibility index (Phi) is 7.36. The first-order valence-corrected chi connectivity index (χ1v) is 12.8. The van der Waals surface area contributed by atoms with Crippen molar-refractivity contribution >= 4 is 33.6 Å². The molecule has 1 aliphatic heterocycles. The topological polar surface area (TPSA) is 175 Å². The molecule has 0 saturated heterocycles. The van der Waals surface area contributed by atoms with Gasteiger partial charge in [-0.1, -0.05) is 23.4 Å². The van der Waals surface area contributed by atoms with E-state index < -0.39 is 40.1 Å². The van der Waals surface area contributed by atoms with E-state index in [1.54, 1.807) is 18.5 Å². The van der Waals surface area contributed by atoms with Crippen molar-refractivity contribution in [1.82, 2.24) is 20.0 Å². The predicted molar refractivity (Wildman–Crippen MR) is 126 cm³/mol. The Hall–Kier alpha value is -3.45. The number of aromatic amines is 1. The number of benzene rings is 1. The van der Waals surface area contributed by atoms with Crippen molar-refractivity contribution in [2.24, 2.45) is 11.1 Å². The van der Waals surface area contributed by atoms with Gasteiger partial charge in [-0.25, -0.2) is 13.4 Å². The minimum absolute atomic E-state index is 0.0666. The Morgan fingerprint density at radius 2 is 1.97 bits per heavy atom. The largest absolute Gasteiger partial charge is 0.480 e. The molecule has 5 N–H and O–H groups in total. The summed E-state index contributed by atoms with van der Waals surface area (Å²) in [7, 11) is -4.07. The lowest BCUT2D eigenvalue weighted by atomic mass is 9.76.